The molecule has 1 aliphatic rings. The molecule has 0 aliphatic carbocycles. The molecular formula is C8H13NO2. The van der Waals surface area contributed by atoms with Crippen molar-refractivity contribution in [1.29, 1.82) is 0 Å². The fourth-order valence-corrected chi connectivity index (χ4v) is 1.41. The van der Waals surface area contributed by atoms with Crippen LogP contribution in [0.2, 0.25) is 0 Å². The molecule has 1 fully saturated rings. The molecule has 0 aromatic heterocycles. The van der Waals surface area contributed by atoms with E-state index >= 15 is 0 Å². The number of rotatable bonds is 0. The van der Waals surface area contributed by atoms with Crippen LogP contribution in [0.25, 0.3) is 0 Å². The largest absolute Gasteiger partial charge is 0.335 e. The van der Waals surface area contributed by atoms with Crippen molar-refractivity contribution in [2.45, 2.75) is 20.3 Å². The van der Waals surface area contributed by atoms with Crippen LogP contribution in [0.3, 0.4) is 0 Å². The topological polar surface area (TPSA) is 37.4 Å². The van der Waals surface area contributed by atoms with Crippen LogP contribution in [0.15, 0.2) is 0 Å². The molecule has 0 saturated carbocycles. The minimum absolute atomic E-state index is 0.00454. The number of likely N-dealkylation sites (tertiary alicyclic amines) is 1. The second kappa shape index (κ2) is 3.03. The van der Waals surface area contributed by atoms with Crippen molar-refractivity contribution in [2.75, 3.05) is 13.1 Å². The van der Waals surface area contributed by atoms with Gasteiger partial charge in [0.2, 0.25) is 5.91 Å². The summed E-state index contributed by atoms with van der Waals surface area (Å²) in [5.74, 6) is 0.518. The zero-order chi connectivity index (χ0) is 8.43. The summed E-state index contributed by atoms with van der Waals surface area (Å²) in [5, 5.41) is 0. The monoisotopic (exact) mass is 155 g/mol. The Kier molecular flexibility index (Phi) is 2.27. The lowest BCUT2D eigenvalue weighted by atomic mass is 9.99. The van der Waals surface area contributed by atoms with E-state index in [0.29, 0.717) is 18.9 Å². The van der Waals surface area contributed by atoms with Gasteiger partial charge in [0.1, 0.15) is 0 Å². The minimum atomic E-state index is 0.00454. The van der Waals surface area contributed by atoms with E-state index in [2.05, 4.69) is 0 Å². The van der Waals surface area contributed by atoms with E-state index in [1.165, 1.54) is 6.92 Å². The molecule has 1 atom stereocenters. The first-order chi connectivity index (χ1) is 5.09. The normalized spacial score (nSPS) is 25.5. The number of amides is 1. The maximum Gasteiger partial charge on any atom is 0.219 e. The summed E-state index contributed by atoms with van der Waals surface area (Å²) >= 11 is 0. The highest BCUT2D eigenvalue weighted by Gasteiger charge is 2.23. The third-order valence-corrected chi connectivity index (χ3v) is 1.92. The highest BCUT2D eigenvalue weighted by Crippen LogP contribution is 2.12. The van der Waals surface area contributed by atoms with Crippen molar-refractivity contribution in [1.82, 2.24) is 4.90 Å². The van der Waals surface area contributed by atoms with Gasteiger partial charge >= 0.3 is 0 Å². The third kappa shape index (κ3) is 2.03. The summed E-state index contributed by atoms with van der Waals surface area (Å²) in [6.45, 7) is 4.55. The van der Waals surface area contributed by atoms with E-state index in [-0.39, 0.29) is 11.7 Å². The molecule has 1 amide bonds. The highest BCUT2D eigenvalue weighted by molar-refractivity contribution is 5.86. The summed E-state index contributed by atoms with van der Waals surface area (Å²) in [6.07, 6.45) is 0.629. The van der Waals surface area contributed by atoms with Crippen molar-refractivity contribution in [3.8, 4) is 0 Å². The van der Waals surface area contributed by atoms with Gasteiger partial charge in [-0.3, -0.25) is 9.59 Å². The molecule has 3 nitrogen and oxygen atoms in total. The van der Waals surface area contributed by atoms with Crippen LogP contribution >= 0.6 is 0 Å². The Morgan fingerprint density at radius 2 is 2.27 bits per heavy atom. The van der Waals surface area contributed by atoms with Crippen molar-refractivity contribution < 1.29 is 9.59 Å². The molecule has 11 heavy (non-hydrogen) atoms. The van der Waals surface area contributed by atoms with Crippen molar-refractivity contribution in [3.05, 3.63) is 0 Å². The van der Waals surface area contributed by atoms with Crippen molar-refractivity contribution in [2.24, 2.45) is 5.92 Å². The van der Waals surface area contributed by atoms with Gasteiger partial charge < -0.3 is 4.90 Å². The zero-order valence-corrected chi connectivity index (χ0v) is 6.96. The molecule has 3 heteroatoms. The summed E-state index contributed by atoms with van der Waals surface area (Å²) in [7, 11) is 0. The van der Waals surface area contributed by atoms with Gasteiger partial charge in [0, 0.05) is 19.9 Å². The maximum absolute atomic E-state index is 11.0. The van der Waals surface area contributed by atoms with Gasteiger partial charge in [-0.1, -0.05) is 6.92 Å². The molecule has 0 bridgehead atoms. The van der Waals surface area contributed by atoms with E-state index in [1.54, 1.807) is 4.90 Å². The van der Waals surface area contributed by atoms with Crippen LogP contribution in [0.1, 0.15) is 20.3 Å². The van der Waals surface area contributed by atoms with E-state index in [0.717, 1.165) is 6.54 Å². The molecule has 0 spiro atoms. The smallest absolute Gasteiger partial charge is 0.219 e. The average molecular weight is 155 g/mol. The molecule has 62 valence electrons. The Labute approximate surface area is 66.4 Å². The number of piperidine rings is 1. The summed E-state index contributed by atoms with van der Waals surface area (Å²) < 4.78 is 0. The molecular weight excluding hydrogens is 142 g/mol. The molecule has 0 radical (unpaired) electrons. The SMILES string of the molecule is CC(=O)N1CC(=O)C[C@H](C)C1. The molecule has 1 rings (SSSR count). The number of Topliss-reactive ketones (excluding diaryl/α,β-unsaturated/α-hetero) is 1. The number of ketones is 1. The van der Waals surface area contributed by atoms with Crippen LogP contribution in [-0.4, -0.2) is 29.7 Å². The lowest BCUT2D eigenvalue weighted by molar-refractivity contribution is -0.137. The van der Waals surface area contributed by atoms with Crippen LogP contribution in [0, 0.1) is 5.92 Å². The summed E-state index contributed by atoms with van der Waals surface area (Å²) in [6, 6.07) is 0. The molecule has 1 saturated heterocycles. The molecule has 0 aromatic carbocycles. The van der Waals surface area contributed by atoms with Gasteiger partial charge in [-0.15, -0.1) is 0 Å². The molecule has 0 aromatic rings. The van der Waals surface area contributed by atoms with Gasteiger partial charge in [0.05, 0.1) is 6.54 Å². The number of carbonyl (C=O) groups excluding carboxylic acids is 2. The van der Waals surface area contributed by atoms with E-state index in [1.807, 2.05) is 6.92 Å². The van der Waals surface area contributed by atoms with Gasteiger partial charge in [-0.25, -0.2) is 0 Å². The second-order valence-electron chi connectivity index (χ2n) is 3.25. The molecule has 1 aliphatic heterocycles. The number of nitrogens with zero attached hydrogens (tertiary/aromatic N) is 1. The van der Waals surface area contributed by atoms with Gasteiger partial charge in [0.25, 0.3) is 0 Å². The Bertz CT molecular complexity index is 189. The van der Waals surface area contributed by atoms with Gasteiger partial charge in [-0.2, -0.15) is 0 Å². The van der Waals surface area contributed by atoms with Gasteiger partial charge in [0.15, 0.2) is 5.78 Å². The first kappa shape index (κ1) is 8.24. The van der Waals surface area contributed by atoms with E-state index in [9.17, 15) is 9.59 Å². The fourth-order valence-electron chi connectivity index (χ4n) is 1.41. The zero-order valence-electron chi connectivity index (χ0n) is 6.96. The molecule has 0 unspecified atom stereocenters. The molecule has 0 N–H and O–H groups in total. The number of hydrogen-bond donors (Lipinski definition) is 0. The maximum atomic E-state index is 11.0. The van der Waals surface area contributed by atoms with Crippen LogP contribution in [0.5, 0.6) is 0 Å². The molecule has 1 heterocycles. The van der Waals surface area contributed by atoms with Crippen LogP contribution in [0.4, 0.5) is 0 Å². The number of hydrogen-bond acceptors (Lipinski definition) is 2. The predicted octanol–water partition coefficient (Wildman–Crippen LogP) is 0.444. The fraction of sp³-hybridized carbons (Fsp3) is 0.750. The lowest BCUT2D eigenvalue weighted by Crippen LogP contribution is -2.42. The number of carbonyl (C=O) groups is 2. The Hall–Kier alpha value is -0.860. The average Bonchev–Trinajstić information content (AvgIpc) is 1.85. The van der Waals surface area contributed by atoms with Gasteiger partial charge in [-0.05, 0) is 5.92 Å². The van der Waals surface area contributed by atoms with E-state index in [4.69, 9.17) is 0 Å². The Balaban J connectivity index is 2.56. The van der Waals surface area contributed by atoms with Crippen LogP contribution < -0.4 is 0 Å². The Morgan fingerprint density at radius 1 is 1.64 bits per heavy atom. The third-order valence-electron chi connectivity index (χ3n) is 1.92. The van der Waals surface area contributed by atoms with E-state index < -0.39 is 0 Å². The summed E-state index contributed by atoms with van der Waals surface area (Å²) in [5.41, 5.74) is 0. The lowest BCUT2D eigenvalue weighted by Gasteiger charge is -2.28. The predicted molar refractivity (Wildman–Crippen MR) is 41.0 cm³/mol. The Morgan fingerprint density at radius 3 is 2.73 bits per heavy atom. The highest BCUT2D eigenvalue weighted by atomic mass is 16.2. The van der Waals surface area contributed by atoms with Crippen molar-refractivity contribution in [3.63, 3.8) is 0 Å². The standard InChI is InChI=1S/C8H13NO2/c1-6-3-8(11)5-9(4-6)7(2)10/h6H,3-5H2,1-2H3/t6-/m0/s1. The van der Waals surface area contributed by atoms with Crippen LogP contribution in [-0.2, 0) is 9.59 Å². The quantitative estimate of drug-likeness (QED) is 0.509. The minimum Gasteiger partial charge on any atom is -0.335 e. The first-order valence-electron chi connectivity index (χ1n) is 3.87. The van der Waals surface area contributed by atoms with Crippen molar-refractivity contribution >= 4 is 11.7 Å². The summed E-state index contributed by atoms with van der Waals surface area (Å²) in [4.78, 5) is 23.5. The first-order valence-corrected chi connectivity index (χ1v) is 3.87. The second-order valence-corrected chi connectivity index (χ2v) is 3.25.